The molecule has 0 aromatic rings. The summed E-state index contributed by atoms with van der Waals surface area (Å²) in [5.41, 5.74) is -1.30. The van der Waals surface area contributed by atoms with E-state index in [1.165, 1.54) is 12.2 Å². The molecule has 0 aliphatic heterocycles. The van der Waals surface area contributed by atoms with Crippen molar-refractivity contribution < 1.29 is 19.8 Å². The molecule has 0 aliphatic rings. The van der Waals surface area contributed by atoms with Crippen LogP contribution in [0, 0.1) is 5.41 Å². The van der Waals surface area contributed by atoms with Crippen LogP contribution in [0.15, 0.2) is 25.3 Å². The lowest BCUT2D eigenvalue weighted by Gasteiger charge is -2.24. The Bertz CT molecular complexity index is 250. The molecule has 0 unspecified atom stereocenters. The van der Waals surface area contributed by atoms with Gasteiger partial charge in [0.15, 0.2) is 0 Å². The molecule has 0 fully saturated rings. The minimum absolute atomic E-state index is 0. The van der Waals surface area contributed by atoms with Crippen molar-refractivity contribution in [1.29, 1.82) is 0 Å². The molecule has 0 saturated carbocycles. The first kappa shape index (κ1) is 16.2. The molecule has 0 amide bonds. The van der Waals surface area contributed by atoms with Gasteiger partial charge in [0.1, 0.15) is 0 Å². The van der Waals surface area contributed by atoms with E-state index in [-0.39, 0.29) is 25.2 Å². The second kappa shape index (κ2) is 7.06. The first-order valence-corrected chi connectivity index (χ1v) is 4.15. The molecule has 0 spiro atoms. The molecule has 0 rings (SSSR count). The maximum Gasteiger partial charge on any atom is 0.310 e. The van der Waals surface area contributed by atoms with Crippen LogP contribution in [0.3, 0.4) is 0 Å². The summed E-state index contributed by atoms with van der Waals surface area (Å²) in [5.74, 6) is -2.25. The quantitative estimate of drug-likeness (QED) is 0.662. The Morgan fingerprint density at radius 3 is 1.73 bits per heavy atom. The Hall–Kier alpha value is -1.29. The lowest BCUT2D eigenvalue weighted by atomic mass is 9.78. The van der Waals surface area contributed by atoms with Crippen LogP contribution in [0.2, 0.25) is 0 Å². The van der Waals surface area contributed by atoms with Crippen LogP contribution in [0.25, 0.3) is 0 Å². The average molecular weight is 235 g/mol. The van der Waals surface area contributed by atoms with Crippen molar-refractivity contribution in [1.82, 2.24) is 0 Å². The fourth-order valence-electron chi connectivity index (χ4n) is 1.32. The molecule has 0 aliphatic carbocycles. The van der Waals surface area contributed by atoms with Crippen LogP contribution in [0.1, 0.15) is 19.3 Å². The van der Waals surface area contributed by atoms with E-state index in [1.807, 2.05) is 0 Å². The maximum atomic E-state index is 11.0. The van der Waals surface area contributed by atoms with Crippen molar-refractivity contribution in [2.45, 2.75) is 19.3 Å². The van der Waals surface area contributed by atoms with Crippen LogP contribution < -0.4 is 0 Å². The third-order valence-electron chi connectivity index (χ3n) is 2.01. The lowest BCUT2D eigenvalue weighted by molar-refractivity contribution is -0.155. The van der Waals surface area contributed by atoms with Crippen molar-refractivity contribution in [2.24, 2.45) is 5.41 Å². The fourth-order valence-corrected chi connectivity index (χ4v) is 1.32. The van der Waals surface area contributed by atoms with E-state index >= 15 is 0 Å². The number of hydrogen-bond acceptors (Lipinski definition) is 2. The molecule has 0 atom stereocenters. The van der Waals surface area contributed by atoms with E-state index < -0.39 is 23.8 Å². The summed E-state index contributed by atoms with van der Waals surface area (Å²) >= 11 is 0. The normalized spacial score (nSPS) is 9.87. The van der Waals surface area contributed by atoms with Gasteiger partial charge in [-0.15, -0.1) is 25.6 Å². The van der Waals surface area contributed by atoms with Gasteiger partial charge in [0.05, 0.1) is 11.8 Å². The Kier molecular flexibility index (Phi) is 7.60. The molecule has 2 N–H and O–H groups in total. The Balaban J connectivity index is 0. The van der Waals surface area contributed by atoms with Crippen LogP contribution in [-0.4, -0.2) is 22.2 Å². The van der Waals surface area contributed by atoms with Gasteiger partial charge in [0.2, 0.25) is 0 Å². The van der Waals surface area contributed by atoms with Crippen LogP contribution in [-0.2, 0) is 9.59 Å². The number of hydrogen-bond donors (Lipinski definition) is 2. The summed E-state index contributed by atoms with van der Waals surface area (Å²) in [5, 5.41) is 17.6. The summed E-state index contributed by atoms with van der Waals surface area (Å²) < 4.78 is 0. The zero-order valence-electron chi connectivity index (χ0n) is 8.31. The summed E-state index contributed by atoms with van der Waals surface area (Å²) in [6.07, 6.45) is 2.67. The van der Waals surface area contributed by atoms with E-state index in [9.17, 15) is 9.59 Å². The fraction of sp³-hybridized carbons (Fsp3) is 0.400. The average Bonchev–Trinajstić information content (AvgIpc) is 2.03. The number of carboxylic acid groups (broad SMARTS) is 2. The van der Waals surface area contributed by atoms with E-state index in [4.69, 9.17) is 10.2 Å². The maximum absolute atomic E-state index is 11.0. The van der Waals surface area contributed by atoms with Gasteiger partial charge >= 0.3 is 11.9 Å². The third kappa shape index (κ3) is 4.65. The van der Waals surface area contributed by atoms with Gasteiger partial charge in [-0.25, -0.2) is 0 Å². The van der Waals surface area contributed by atoms with Gasteiger partial charge in [0, 0.05) is 0 Å². The second-order valence-electron chi connectivity index (χ2n) is 3.14. The van der Waals surface area contributed by atoms with E-state index in [0.717, 1.165) is 0 Å². The van der Waals surface area contributed by atoms with Gasteiger partial charge in [-0.3, -0.25) is 9.59 Å². The molecule has 4 nitrogen and oxygen atoms in total. The molecular weight excluding hydrogens is 220 g/mol. The molecule has 0 bridgehead atoms. The highest BCUT2D eigenvalue weighted by atomic mass is 35.5. The first-order valence-electron chi connectivity index (χ1n) is 4.15. The predicted molar refractivity (Wildman–Crippen MR) is 59.2 cm³/mol. The van der Waals surface area contributed by atoms with Gasteiger partial charge in [0.25, 0.3) is 0 Å². The molecule has 0 aromatic heterocycles. The largest absolute Gasteiger partial charge is 0.481 e. The van der Waals surface area contributed by atoms with Crippen molar-refractivity contribution in [2.75, 3.05) is 0 Å². The zero-order valence-corrected chi connectivity index (χ0v) is 9.13. The highest BCUT2D eigenvalue weighted by Gasteiger charge is 2.38. The minimum Gasteiger partial charge on any atom is -0.481 e. The highest BCUT2D eigenvalue weighted by molar-refractivity contribution is 5.85. The third-order valence-corrected chi connectivity index (χ3v) is 2.01. The second-order valence-corrected chi connectivity index (χ2v) is 3.14. The molecule has 86 valence electrons. The molecule has 0 heterocycles. The van der Waals surface area contributed by atoms with Gasteiger partial charge in [-0.1, -0.05) is 12.2 Å². The molecule has 15 heavy (non-hydrogen) atoms. The van der Waals surface area contributed by atoms with Gasteiger partial charge in [-0.2, -0.15) is 0 Å². The Morgan fingerprint density at radius 2 is 1.53 bits per heavy atom. The molecular formula is C10H15ClO4. The van der Waals surface area contributed by atoms with Crippen molar-refractivity contribution in [3.05, 3.63) is 25.3 Å². The smallest absolute Gasteiger partial charge is 0.310 e. The summed E-state index contributed by atoms with van der Waals surface area (Å²) in [4.78, 5) is 21.5. The van der Waals surface area contributed by atoms with Crippen LogP contribution >= 0.6 is 12.4 Å². The van der Waals surface area contributed by atoms with E-state index in [0.29, 0.717) is 0 Å². The van der Waals surface area contributed by atoms with Crippen molar-refractivity contribution in [3.63, 3.8) is 0 Å². The SMILES string of the molecule is C=CCC(CC=C)(CC(=O)O)C(=O)O.Cl. The topological polar surface area (TPSA) is 74.6 Å². The summed E-state index contributed by atoms with van der Waals surface area (Å²) in [7, 11) is 0. The molecule has 0 saturated heterocycles. The monoisotopic (exact) mass is 234 g/mol. The number of aliphatic carboxylic acids is 2. The summed E-state index contributed by atoms with van der Waals surface area (Å²) in [6, 6.07) is 0. The van der Waals surface area contributed by atoms with E-state index in [2.05, 4.69) is 13.2 Å². The summed E-state index contributed by atoms with van der Waals surface area (Å²) in [6.45, 7) is 6.85. The Morgan fingerprint density at radius 1 is 1.13 bits per heavy atom. The lowest BCUT2D eigenvalue weighted by Crippen LogP contribution is -2.32. The molecule has 0 radical (unpaired) electrons. The Labute approximate surface area is 94.7 Å². The standard InChI is InChI=1S/C10H14O4.ClH/c1-3-5-10(6-4-2,9(13)14)7-8(11)12;/h3-4H,1-2,5-7H2,(H,11,12)(H,13,14);1H. The van der Waals surface area contributed by atoms with Gasteiger partial charge in [-0.05, 0) is 12.8 Å². The number of rotatable bonds is 7. The number of allylic oxidation sites excluding steroid dienone is 2. The first-order chi connectivity index (χ1) is 6.48. The minimum atomic E-state index is -1.30. The van der Waals surface area contributed by atoms with Crippen molar-refractivity contribution >= 4 is 24.3 Å². The predicted octanol–water partition coefficient (Wildman–Crippen LogP) is 2.11. The highest BCUT2D eigenvalue weighted by Crippen LogP contribution is 2.32. The number of carbonyl (C=O) groups is 2. The molecule has 5 heteroatoms. The number of halogens is 1. The van der Waals surface area contributed by atoms with Crippen LogP contribution in [0.5, 0.6) is 0 Å². The molecule has 0 aromatic carbocycles. The zero-order chi connectivity index (χ0) is 11.2. The number of carboxylic acids is 2. The van der Waals surface area contributed by atoms with Crippen molar-refractivity contribution in [3.8, 4) is 0 Å². The van der Waals surface area contributed by atoms with Crippen LogP contribution in [0.4, 0.5) is 0 Å². The van der Waals surface area contributed by atoms with E-state index in [1.54, 1.807) is 0 Å². The van der Waals surface area contributed by atoms with Gasteiger partial charge < -0.3 is 10.2 Å².